The fourth-order valence-corrected chi connectivity index (χ4v) is 4.41. The summed E-state index contributed by atoms with van der Waals surface area (Å²) < 4.78 is 0. The average Bonchev–Trinajstić information content (AvgIpc) is 3.53. The maximum absolute atomic E-state index is 9.70. The maximum Gasteiger partial charge on any atom is 0.103 e. The van der Waals surface area contributed by atoms with Crippen molar-refractivity contribution in [1.29, 1.82) is 5.26 Å². The number of fused-ring (bicyclic) bond motifs is 1. The number of H-pyrrole nitrogens is 1. The van der Waals surface area contributed by atoms with Gasteiger partial charge in [0.15, 0.2) is 0 Å². The van der Waals surface area contributed by atoms with Gasteiger partial charge in [-0.25, -0.2) is 0 Å². The van der Waals surface area contributed by atoms with Gasteiger partial charge in [-0.3, -0.25) is 9.88 Å². The van der Waals surface area contributed by atoms with Crippen molar-refractivity contribution in [1.82, 2.24) is 14.9 Å². The van der Waals surface area contributed by atoms with E-state index in [0.717, 1.165) is 34.3 Å². The first-order chi connectivity index (χ1) is 16.2. The van der Waals surface area contributed by atoms with E-state index in [9.17, 15) is 5.26 Å². The lowest BCUT2D eigenvalue weighted by molar-refractivity contribution is 0.331. The molecular formula is C28H25N5. The summed E-state index contributed by atoms with van der Waals surface area (Å²) in [6, 6.07) is 16.8. The molecule has 3 heterocycles. The molecular weight excluding hydrogens is 406 g/mol. The summed E-state index contributed by atoms with van der Waals surface area (Å²) in [7, 11) is 0. The van der Waals surface area contributed by atoms with Gasteiger partial charge >= 0.3 is 0 Å². The number of nitrogens with zero attached hydrogens (tertiary/aromatic N) is 3. The van der Waals surface area contributed by atoms with Gasteiger partial charge in [-0.1, -0.05) is 24.0 Å². The molecule has 1 fully saturated rings. The number of hydrogen-bond acceptors (Lipinski definition) is 4. The summed E-state index contributed by atoms with van der Waals surface area (Å²) in [6.45, 7) is 5.38. The van der Waals surface area contributed by atoms with Crippen molar-refractivity contribution in [2.45, 2.75) is 26.3 Å². The normalized spacial score (nSPS) is 13.5. The molecule has 5 nitrogen and oxygen atoms in total. The maximum atomic E-state index is 9.70. The third-order valence-corrected chi connectivity index (χ3v) is 6.20. The van der Waals surface area contributed by atoms with Crippen molar-refractivity contribution in [3.8, 4) is 17.9 Å². The third-order valence-electron chi connectivity index (χ3n) is 6.20. The summed E-state index contributed by atoms with van der Waals surface area (Å²) in [5, 5.41) is 14.3. The van der Waals surface area contributed by atoms with E-state index in [2.05, 4.69) is 69.3 Å². The zero-order valence-corrected chi connectivity index (χ0v) is 18.7. The second-order valence-corrected chi connectivity index (χ2v) is 8.46. The molecule has 2 N–H and O–H groups in total. The van der Waals surface area contributed by atoms with Crippen molar-refractivity contribution in [3.05, 3.63) is 88.9 Å². The number of aryl methyl sites for hydroxylation is 1. The first kappa shape index (κ1) is 20.8. The van der Waals surface area contributed by atoms with E-state index in [4.69, 9.17) is 0 Å². The Balaban J connectivity index is 1.46. The molecule has 5 heteroatoms. The molecule has 0 saturated carbocycles. The number of rotatable bonds is 4. The molecule has 0 atom stereocenters. The van der Waals surface area contributed by atoms with Gasteiger partial charge < -0.3 is 10.3 Å². The number of likely N-dealkylation sites (tertiary alicyclic amines) is 1. The number of nitriles is 1. The van der Waals surface area contributed by atoms with Crippen LogP contribution in [0.3, 0.4) is 0 Å². The Morgan fingerprint density at radius 3 is 2.76 bits per heavy atom. The molecule has 2 aromatic carbocycles. The van der Waals surface area contributed by atoms with Gasteiger partial charge in [0.25, 0.3) is 0 Å². The molecule has 0 unspecified atom stereocenters. The van der Waals surface area contributed by atoms with Crippen molar-refractivity contribution in [3.63, 3.8) is 0 Å². The molecule has 33 heavy (non-hydrogen) atoms. The van der Waals surface area contributed by atoms with E-state index in [1.807, 2.05) is 24.4 Å². The van der Waals surface area contributed by atoms with Crippen LogP contribution in [0.1, 0.15) is 40.7 Å². The van der Waals surface area contributed by atoms with Crippen LogP contribution in [0.2, 0.25) is 0 Å². The number of nitrogens with one attached hydrogen (secondary N) is 2. The molecule has 1 saturated heterocycles. The predicted molar refractivity (Wildman–Crippen MR) is 132 cm³/mol. The highest BCUT2D eigenvalue weighted by Crippen LogP contribution is 2.30. The topological polar surface area (TPSA) is 67.7 Å². The summed E-state index contributed by atoms with van der Waals surface area (Å²) in [6.07, 6.45) is 7.80. The van der Waals surface area contributed by atoms with Crippen LogP contribution >= 0.6 is 0 Å². The van der Waals surface area contributed by atoms with Gasteiger partial charge in [-0.15, -0.1) is 0 Å². The quantitative estimate of drug-likeness (QED) is 0.420. The number of hydrogen-bond donors (Lipinski definition) is 2. The summed E-state index contributed by atoms with van der Waals surface area (Å²) in [4.78, 5) is 9.96. The van der Waals surface area contributed by atoms with Crippen molar-refractivity contribution >= 4 is 22.3 Å². The lowest BCUT2D eigenvalue weighted by Crippen LogP contribution is -2.18. The Hall–Kier alpha value is -4.06. The Morgan fingerprint density at radius 2 is 1.91 bits per heavy atom. The molecule has 0 radical (unpaired) electrons. The third kappa shape index (κ3) is 4.46. The van der Waals surface area contributed by atoms with Gasteiger partial charge in [0.05, 0.1) is 16.8 Å². The number of anilines is 2. The Bertz CT molecular complexity index is 1410. The Morgan fingerprint density at radius 1 is 1.06 bits per heavy atom. The second kappa shape index (κ2) is 9.20. The van der Waals surface area contributed by atoms with Crippen LogP contribution in [0.15, 0.2) is 61.1 Å². The molecule has 0 amide bonds. The van der Waals surface area contributed by atoms with Crippen LogP contribution in [0.5, 0.6) is 0 Å². The molecule has 2 aromatic heterocycles. The Kier molecular flexibility index (Phi) is 5.81. The summed E-state index contributed by atoms with van der Waals surface area (Å²) in [5.74, 6) is 6.53. The standard InChI is InChI=1S/C28H25N5/c1-20-25-11-12-31-27(25)10-9-26(20)32-28-23(17-30-18-24(28)16-29)8-7-21-5-4-6-22(15-21)19-33-13-2-3-14-33/h4-6,9-12,15,17-18,31H,2-3,13-14,19H2,1H3,(H,30,32). The molecule has 1 aliphatic rings. The fraction of sp³-hybridized carbons (Fsp3) is 0.214. The number of benzene rings is 2. The van der Waals surface area contributed by atoms with E-state index < -0.39 is 0 Å². The lowest BCUT2D eigenvalue weighted by atomic mass is 10.1. The molecule has 1 aliphatic heterocycles. The molecule has 4 aromatic rings. The average molecular weight is 432 g/mol. The zero-order valence-electron chi connectivity index (χ0n) is 18.7. The molecule has 162 valence electrons. The van der Waals surface area contributed by atoms with Crippen LogP contribution in [0.25, 0.3) is 10.9 Å². The molecule has 0 bridgehead atoms. The Labute approximate surface area is 194 Å². The zero-order chi connectivity index (χ0) is 22.6. The van der Waals surface area contributed by atoms with E-state index in [1.54, 1.807) is 12.4 Å². The van der Waals surface area contributed by atoms with Crippen molar-refractivity contribution in [2.24, 2.45) is 0 Å². The smallest absolute Gasteiger partial charge is 0.103 e. The minimum atomic E-state index is 0.471. The molecule has 0 spiro atoms. The highest BCUT2D eigenvalue weighted by atomic mass is 15.1. The van der Waals surface area contributed by atoms with E-state index in [1.165, 1.54) is 31.5 Å². The number of aromatic nitrogens is 2. The van der Waals surface area contributed by atoms with E-state index >= 15 is 0 Å². The second-order valence-electron chi connectivity index (χ2n) is 8.46. The van der Waals surface area contributed by atoms with Crippen LogP contribution in [-0.4, -0.2) is 28.0 Å². The van der Waals surface area contributed by atoms with Gasteiger partial charge in [0, 0.05) is 47.3 Å². The first-order valence-corrected chi connectivity index (χ1v) is 11.3. The van der Waals surface area contributed by atoms with Crippen molar-refractivity contribution in [2.75, 3.05) is 18.4 Å². The van der Waals surface area contributed by atoms with Gasteiger partial charge in [0.1, 0.15) is 6.07 Å². The number of aromatic amines is 1. The SMILES string of the molecule is Cc1c(Nc2c(C#N)cncc2C#Cc2cccc(CN3CCCC3)c2)ccc2[nH]ccc12. The van der Waals surface area contributed by atoms with Crippen molar-refractivity contribution < 1.29 is 0 Å². The monoisotopic (exact) mass is 431 g/mol. The minimum Gasteiger partial charge on any atom is -0.361 e. The van der Waals surface area contributed by atoms with Gasteiger partial charge in [-0.2, -0.15) is 5.26 Å². The highest BCUT2D eigenvalue weighted by Gasteiger charge is 2.13. The summed E-state index contributed by atoms with van der Waals surface area (Å²) in [5.41, 5.74) is 7.24. The molecule has 0 aliphatic carbocycles. The highest BCUT2D eigenvalue weighted by molar-refractivity contribution is 5.89. The van der Waals surface area contributed by atoms with Crippen LogP contribution in [0.4, 0.5) is 11.4 Å². The first-order valence-electron chi connectivity index (χ1n) is 11.3. The predicted octanol–water partition coefficient (Wildman–Crippen LogP) is 5.48. The van der Waals surface area contributed by atoms with Crippen LogP contribution < -0.4 is 5.32 Å². The van der Waals surface area contributed by atoms with Crippen LogP contribution in [0, 0.1) is 30.1 Å². The number of pyridine rings is 1. The lowest BCUT2D eigenvalue weighted by Gasteiger charge is -2.14. The fourth-order valence-electron chi connectivity index (χ4n) is 4.41. The van der Waals surface area contributed by atoms with Gasteiger partial charge in [-0.05, 0) is 74.3 Å². The van der Waals surface area contributed by atoms with Crippen LogP contribution in [-0.2, 0) is 6.54 Å². The largest absolute Gasteiger partial charge is 0.361 e. The van der Waals surface area contributed by atoms with E-state index in [0.29, 0.717) is 16.8 Å². The molecule has 5 rings (SSSR count). The summed E-state index contributed by atoms with van der Waals surface area (Å²) >= 11 is 0. The van der Waals surface area contributed by atoms with E-state index in [-0.39, 0.29) is 0 Å². The van der Waals surface area contributed by atoms with Gasteiger partial charge in [0.2, 0.25) is 0 Å². The minimum absolute atomic E-state index is 0.471.